The van der Waals surface area contributed by atoms with Crippen LogP contribution in [-0.2, 0) is 9.84 Å². The fourth-order valence-corrected chi connectivity index (χ4v) is 3.69. The minimum Gasteiger partial charge on any atom is -0.269 e. The van der Waals surface area contributed by atoms with Gasteiger partial charge in [-0.2, -0.15) is 4.98 Å². The lowest BCUT2D eigenvalue weighted by Gasteiger charge is -2.14. The third-order valence-corrected chi connectivity index (χ3v) is 5.37. The van der Waals surface area contributed by atoms with E-state index in [-0.39, 0.29) is 11.2 Å². The van der Waals surface area contributed by atoms with E-state index in [4.69, 9.17) is 0 Å². The number of aromatic nitrogens is 3. The van der Waals surface area contributed by atoms with Crippen LogP contribution in [0.1, 0.15) is 5.56 Å². The molecule has 0 unspecified atom stereocenters. The molecular formula is C21H16FN3O3S. The maximum absolute atomic E-state index is 13.6. The third kappa shape index (κ3) is 3.42. The highest BCUT2D eigenvalue weighted by molar-refractivity contribution is 7.90. The standard InChI is InChI=1S/C21H16FN3O3S/c1-13-12-14(22)8-9-16(13)19-17-10-11-18(26)25(15-6-4-3-5-7-15)20(17)24-21(23-19)29(2,27)28/h3-12H,1-2H3. The number of hydrogen-bond acceptors (Lipinski definition) is 5. The van der Waals surface area contributed by atoms with Gasteiger partial charge in [0.15, 0.2) is 5.65 Å². The Labute approximate surface area is 166 Å². The quantitative estimate of drug-likeness (QED) is 0.485. The molecule has 0 atom stereocenters. The van der Waals surface area contributed by atoms with E-state index in [0.29, 0.717) is 27.9 Å². The SMILES string of the molecule is Cc1cc(F)ccc1-c1nc(S(C)(=O)=O)nc2c1ccc(=O)n2-c1ccccc1. The predicted molar refractivity (Wildman–Crippen MR) is 108 cm³/mol. The van der Waals surface area contributed by atoms with Gasteiger partial charge in [0, 0.05) is 23.3 Å². The number of fused-ring (bicyclic) bond motifs is 1. The summed E-state index contributed by atoms with van der Waals surface area (Å²) in [4.78, 5) is 21.1. The Morgan fingerprint density at radius 2 is 1.69 bits per heavy atom. The molecule has 4 rings (SSSR count). The molecule has 0 N–H and O–H groups in total. The highest BCUT2D eigenvalue weighted by Crippen LogP contribution is 2.30. The summed E-state index contributed by atoms with van der Waals surface area (Å²) in [6.07, 6.45) is 1.00. The van der Waals surface area contributed by atoms with Gasteiger partial charge in [0.2, 0.25) is 15.0 Å². The van der Waals surface area contributed by atoms with E-state index in [1.165, 1.54) is 28.8 Å². The number of para-hydroxylation sites is 1. The molecule has 0 aliphatic rings. The molecular weight excluding hydrogens is 393 g/mol. The van der Waals surface area contributed by atoms with Crippen LogP contribution in [0, 0.1) is 12.7 Å². The third-order valence-electron chi connectivity index (χ3n) is 4.52. The molecule has 0 aliphatic heterocycles. The summed E-state index contributed by atoms with van der Waals surface area (Å²) in [6, 6.07) is 15.9. The summed E-state index contributed by atoms with van der Waals surface area (Å²) in [5.41, 5.74) is 1.81. The van der Waals surface area contributed by atoms with Crippen molar-refractivity contribution in [3.8, 4) is 16.9 Å². The molecule has 29 heavy (non-hydrogen) atoms. The van der Waals surface area contributed by atoms with Gasteiger partial charge in [0.1, 0.15) is 5.82 Å². The zero-order chi connectivity index (χ0) is 20.8. The van der Waals surface area contributed by atoms with E-state index in [1.807, 2.05) is 6.07 Å². The Kier molecular flexibility index (Phi) is 4.50. The lowest BCUT2D eigenvalue weighted by molar-refractivity contribution is 0.593. The number of nitrogens with zero attached hydrogens (tertiary/aromatic N) is 3. The van der Waals surface area contributed by atoms with Gasteiger partial charge < -0.3 is 0 Å². The number of pyridine rings is 1. The molecule has 0 amide bonds. The smallest absolute Gasteiger partial charge is 0.256 e. The van der Waals surface area contributed by atoms with Crippen LogP contribution >= 0.6 is 0 Å². The summed E-state index contributed by atoms with van der Waals surface area (Å²) in [5, 5.41) is 0.0783. The predicted octanol–water partition coefficient (Wildman–Crippen LogP) is 3.30. The van der Waals surface area contributed by atoms with Crippen molar-refractivity contribution in [1.82, 2.24) is 14.5 Å². The van der Waals surface area contributed by atoms with Gasteiger partial charge in [-0.25, -0.2) is 17.8 Å². The molecule has 0 spiro atoms. The monoisotopic (exact) mass is 409 g/mol. The molecule has 0 radical (unpaired) electrons. The fourth-order valence-electron chi connectivity index (χ4n) is 3.19. The van der Waals surface area contributed by atoms with Crippen molar-refractivity contribution in [2.24, 2.45) is 0 Å². The maximum atomic E-state index is 13.6. The highest BCUT2D eigenvalue weighted by Gasteiger charge is 2.20. The lowest BCUT2D eigenvalue weighted by atomic mass is 10.0. The van der Waals surface area contributed by atoms with Gasteiger partial charge in [-0.15, -0.1) is 0 Å². The minimum absolute atomic E-state index is 0.165. The van der Waals surface area contributed by atoms with Gasteiger partial charge >= 0.3 is 0 Å². The molecule has 4 aromatic rings. The van der Waals surface area contributed by atoms with Crippen molar-refractivity contribution in [2.75, 3.05) is 6.26 Å². The molecule has 2 aromatic heterocycles. The Balaban J connectivity index is 2.19. The van der Waals surface area contributed by atoms with E-state index in [0.717, 1.165) is 6.26 Å². The van der Waals surface area contributed by atoms with E-state index >= 15 is 0 Å². The van der Waals surface area contributed by atoms with Crippen molar-refractivity contribution in [3.05, 3.63) is 82.4 Å². The second kappa shape index (κ2) is 6.89. The van der Waals surface area contributed by atoms with Gasteiger partial charge in [-0.05, 0) is 48.9 Å². The minimum atomic E-state index is -3.77. The Morgan fingerprint density at radius 1 is 0.966 bits per heavy atom. The van der Waals surface area contributed by atoms with Crippen LogP contribution in [0.5, 0.6) is 0 Å². The molecule has 146 valence electrons. The molecule has 0 fully saturated rings. The van der Waals surface area contributed by atoms with Crippen molar-refractivity contribution in [2.45, 2.75) is 12.1 Å². The Hall–Kier alpha value is -3.39. The van der Waals surface area contributed by atoms with Gasteiger partial charge in [-0.3, -0.25) is 9.36 Å². The topological polar surface area (TPSA) is 81.9 Å². The largest absolute Gasteiger partial charge is 0.269 e. The number of halogens is 1. The molecule has 0 aliphatic carbocycles. The summed E-state index contributed by atoms with van der Waals surface area (Å²) >= 11 is 0. The van der Waals surface area contributed by atoms with Crippen LogP contribution in [0.25, 0.3) is 28.0 Å². The van der Waals surface area contributed by atoms with Gasteiger partial charge in [0.25, 0.3) is 5.56 Å². The number of aryl methyl sites for hydroxylation is 1. The highest BCUT2D eigenvalue weighted by atomic mass is 32.2. The van der Waals surface area contributed by atoms with Crippen molar-refractivity contribution >= 4 is 20.9 Å². The molecule has 2 aromatic carbocycles. The van der Waals surface area contributed by atoms with Crippen molar-refractivity contribution < 1.29 is 12.8 Å². The van der Waals surface area contributed by atoms with E-state index in [1.54, 1.807) is 37.3 Å². The van der Waals surface area contributed by atoms with Crippen LogP contribution in [0.2, 0.25) is 0 Å². The molecule has 0 saturated heterocycles. The van der Waals surface area contributed by atoms with E-state index in [9.17, 15) is 17.6 Å². The molecule has 6 nitrogen and oxygen atoms in total. The first-order valence-electron chi connectivity index (χ1n) is 8.71. The van der Waals surface area contributed by atoms with E-state index < -0.39 is 20.8 Å². The maximum Gasteiger partial charge on any atom is 0.256 e. The fraction of sp³-hybridized carbons (Fsp3) is 0.0952. The second-order valence-electron chi connectivity index (χ2n) is 6.67. The van der Waals surface area contributed by atoms with Crippen molar-refractivity contribution in [3.63, 3.8) is 0 Å². The summed E-state index contributed by atoms with van der Waals surface area (Å²) in [5.74, 6) is -0.408. The van der Waals surface area contributed by atoms with Crippen LogP contribution in [-0.4, -0.2) is 29.2 Å². The number of sulfone groups is 1. The molecule has 0 bridgehead atoms. The normalized spacial score (nSPS) is 11.7. The number of rotatable bonds is 3. The summed E-state index contributed by atoms with van der Waals surface area (Å²) < 4.78 is 39.5. The number of benzene rings is 2. The van der Waals surface area contributed by atoms with Crippen molar-refractivity contribution in [1.29, 1.82) is 0 Å². The number of hydrogen-bond donors (Lipinski definition) is 0. The first kappa shape index (κ1) is 18.9. The Morgan fingerprint density at radius 3 is 2.34 bits per heavy atom. The van der Waals surface area contributed by atoms with E-state index in [2.05, 4.69) is 9.97 Å². The Bertz CT molecular complexity index is 1410. The average Bonchev–Trinajstić information content (AvgIpc) is 2.67. The summed E-state index contributed by atoms with van der Waals surface area (Å²) in [6.45, 7) is 1.71. The van der Waals surface area contributed by atoms with Gasteiger partial charge in [0.05, 0.1) is 11.4 Å². The molecule has 2 heterocycles. The van der Waals surface area contributed by atoms with Crippen LogP contribution in [0.4, 0.5) is 4.39 Å². The zero-order valence-corrected chi connectivity index (χ0v) is 16.4. The second-order valence-corrected chi connectivity index (χ2v) is 8.58. The van der Waals surface area contributed by atoms with Crippen LogP contribution < -0.4 is 5.56 Å². The van der Waals surface area contributed by atoms with Gasteiger partial charge in [-0.1, -0.05) is 18.2 Å². The average molecular weight is 409 g/mol. The first-order chi connectivity index (χ1) is 13.8. The van der Waals surface area contributed by atoms with Crippen LogP contribution in [0.3, 0.4) is 0 Å². The zero-order valence-electron chi connectivity index (χ0n) is 15.6. The summed E-state index contributed by atoms with van der Waals surface area (Å²) in [7, 11) is -3.77. The lowest BCUT2D eigenvalue weighted by Crippen LogP contribution is -2.20. The molecule has 0 saturated carbocycles. The van der Waals surface area contributed by atoms with Crippen LogP contribution in [0.15, 0.2) is 70.6 Å². The molecule has 8 heteroatoms. The first-order valence-corrected chi connectivity index (χ1v) is 10.6.